The second-order valence-electron chi connectivity index (χ2n) is 7.47. The Morgan fingerprint density at radius 2 is 2.10 bits per heavy atom. The van der Waals surface area contributed by atoms with Crippen molar-refractivity contribution in [1.29, 1.82) is 0 Å². The molecular formula is C22H23N7O. The van der Waals surface area contributed by atoms with Gasteiger partial charge in [-0.3, -0.25) is 5.10 Å². The summed E-state index contributed by atoms with van der Waals surface area (Å²) in [4.78, 5) is 11.0. The van der Waals surface area contributed by atoms with Gasteiger partial charge in [-0.05, 0) is 35.7 Å². The molecule has 0 amide bonds. The van der Waals surface area contributed by atoms with Crippen LogP contribution in [0.25, 0.3) is 11.0 Å². The van der Waals surface area contributed by atoms with Crippen molar-refractivity contribution < 1.29 is 4.74 Å². The molecule has 1 atom stereocenters. The summed E-state index contributed by atoms with van der Waals surface area (Å²) in [6.07, 6.45) is 2.62. The number of nitrogens with two attached hydrogens (primary N) is 1. The van der Waals surface area contributed by atoms with Crippen LogP contribution in [0.2, 0.25) is 0 Å². The molecule has 0 saturated heterocycles. The Bertz CT molecular complexity index is 1190. The number of aromatic nitrogens is 4. The van der Waals surface area contributed by atoms with Crippen LogP contribution >= 0.6 is 0 Å². The van der Waals surface area contributed by atoms with Crippen molar-refractivity contribution in [3.05, 3.63) is 65.9 Å². The first kappa shape index (κ1) is 18.2. The third-order valence-corrected chi connectivity index (χ3v) is 5.41. The predicted molar refractivity (Wildman–Crippen MR) is 118 cm³/mol. The highest BCUT2D eigenvalue weighted by atomic mass is 16.5. The monoisotopic (exact) mass is 401 g/mol. The molecule has 1 aliphatic rings. The number of nitrogens with zero attached hydrogens (tertiary/aromatic N) is 4. The van der Waals surface area contributed by atoms with Crippen molar-refractivity contribution >= 4 is 28.5 Å². The summed E-state index contributed by atoms with van der Waals surface area (Å²) in [5, 5.41) is 11.3. The van der Waals surface area contributed by atoms with Crippen LogP contribution < -0.4 is 20.7 Å². The topological polar surface area (TPSA) is 105 Å². The number of ether oxygens (including phenoxy) is 1. The van der Waals surface area contributed by atoms with E-state index in [1.165, 1.54) is 16.8 Å². The number of aromatic amines is 1. The van der Waals surface area contributed by atoms with Gasteiger partial charge >= 0.3 is 0 Å². The number of benzene rings is 2. The molecule has 1 unspecified atom stereocenters. The Balaban J connectivity index is 1.44. The molecule has 2 aromatic carbocycles. The van der Waals surface area contributed by atoms with E-state index < -0.39 is 0 Å². The molecule has 8 nitrogen and oxygen atoms in total. The third kappa shape index (κ3) is 3.47. The zero-order chi connectivity index (χ0) is 20.5. The van der Waals surface area contributed by atoms with Crippen LogP contribution in [-0.2, 0) is 13.0 Å². The van der Waals surface area contributed by atoms with E-state index in [9.17, 15) is 0 Å². The van der Waals surface area contributed by atoms with Gasteiger partial charge in [0.05, 0.1) is 18.7 Å². The van der Waals surface area contributed by atoms with E-state index in [0.717, 1.165) is 30.6 Å². The molecule has 2 aromatic heterocycles. The van der Waals surface area contributed by atoms with Crippen LogP contribution in [-0.4, -0.2) is 39.9 Å². The minimum absolute atomic E-state index is 0.165. The maximum atomic E-state index is 5.89. The van der Waals surface area contributed by atoms with Gasteiger partial charge in [-0.2, -0.15) is 15.1 Å². The highest BCUT2D eigenvalue weighted by Gasteiger charge is 2.25. The van der Waals surface area contributed by atoms with Crippen molar-refractivity contribution in [2.24, 2.45) is 0 Å². The lowest BCUT2D eigenvalue weighted by molar-refractivity contribution is 0.414. The number of nitrogen functional groups attached to an aromatic ring is 1. The highest BCUT2D eigenvalue weighted by Crippen LogP contribution is 2.31. The van der Waals surface area contributed by atoms with Crippen LogP contribution in [0.3, 0.4) is 0 Å². The van der Waals surface area contributed by atoms with Crippen LogP contribution in [0, 0.1) is 0 Å². The minimum atomic E-state index is 0.165. The van der Waals surface area contributed by atoms with E-state index in [-0.39, 0.29) is 12.0 Å². The number of nitrogens with one attached hydrogen (secondary N) is 2. The van der Waals surface area contributed by atoms with E-state index in [1.807, 2.05) is 12.1 Å². The first-order chi connectivity index (χ1) is 14.7. The summed E-state index contributed by atoms with van der Waals surface area (Å²) in [6, 6.07) is 16.9. The summed E-state index contributed by atoms with van der Waals surface area (Å²) in [5.74, 6) is 1.79. The predicted octanol–water partition coefficient (Wildman–Crippen LogP) is 2.99. The van der Waals surface area contributed by atoms with Gasteiger partial charge in [-0.15, -0.1) is 0 Å². The molecule has 8 heteroatoms. The summed E-state index contributed by atoms with van der Waals surface area (Å²) < 4.78 is 5.39. The maximum Gasteiger partial charge on any atom is 0.224 e. The average molecular weight is 401 g/mol. The quantitative estimate of drug-likeness (QED) is 0.472. The molecule has 0 saturated carbocycles. The van der Waals surface area contributed by atoms with Crippen LogP contribution in [0.5, 0.6) is 5.75 Å². The lowest BCUT2D eigenvalue weighted by Gasteiger charge is -2.37. The second kappa shape index (κ2) is 7.55. The summed E-state index contributed by atoms with van der Waals surface area (Å²) >= 11 is 0. The molecule has 0 spiro atoms. The van der Waals surface area contributed by atoms with Gasteiger partial charge in [0.2, 0.25) is 5.95 Å². The number of hydrogen-bond acceptors (Lipinski definition) is 7. The van der Waals surface area contributed by atoms with Crippen LogP contribution in [0.4, 0.5) is 17.5 Å². The Kier molecular flexibility index (Phi) is 4.59. The van der Waals surface area contributed by atoms with E-state index in [2.05, 4.69) is 66.8 Å². The number of hydrogen-bond donors (Lipinski definition) is 3. The largest absolute Gasteiger partial charge is 0.497 e. The smallest absolute Gasteiger partial charge is 0.224 e. The SMILES string of the molecule is COc1cccc(CN2CC(Nc3nc(N)nc4[nH]ncc34)Cc3ccccc32)c1. The van der Waals surface area contributed by atoms with Gasteiger partial charge in [-0.25, -0.2) is 0 Å². The van der Waals surface area contributed by atoms with Gasteiger partial charge in [0, 0.05) is 24.8 Å². The molecule has 0 fully saturated rings. The molecule has 0 bridgehead atoms. The van der Waals surface area contributed by atoms with E-state index in [1.54, 1.807) is 13.3 Å². The first-order valence-electron chi connectivity index (χ1n) is 9.88. The second-order valence-corrected chi connectivity index (χ2v) is 7.47. The standard InChI is InChI=1S/C22H23N7O/c1-30-17-7-4-5-14(9-17)12-29-13-16(10-15-6-2-3-8-19(15)29)25-20-18-11-24-28-21(18)27-22(23)26-20/h2-9,11,16H,10,12-13H2,1H3,(H4,23,24,25,26,27,28). The fourth-order valence-electron chi connectivity index (χ4n) is 4.08. The molecule has 152 valence electrons. The molecule has 4 aromatic rings. The molecule has 1 aliphatic heterocycles. The normalized spacial score (nSPS) is 15.8. The molecule has 0 radical (unpaired) electrons. The number of H-pyrrole nitrogens is 1. The maximum absolute atomic E-state index is 5.89. The lowest BCUT2D eigenvalue weighted by atomic mass is 9.97. The fourth-order valence-corrected chi connectivity index (χ4v) is 4.08. The zero-order valence-electron chi connectivity index (χ0n) is 16.7. The summed E-state index contributed by atoms with van der Waals surface area (Å²) in [6.45, 7) is 1.62. The molecule has 0 aliphatic carbocycles. The van der Waals surface area contributed by atoms with Gasteiger partial charge in [0.25, 0.3) is 0 Å². The number of para-hydroxylation sites is 1. The average Bonchev–Trinajstić information content (AvgIpc) is 3.22. The van der Waals surface area contributed by atoms with E-state index >= 15 is 0 Å². The molecule has 30 heavy (non-hydrogen) atoms. The molecule has 3 heterocycles. The van der Waals surface area contributed by atoms with Crippen molar-refractivity contribution in [2.45, 2.75) is 19.0 Å². The van der Waals surface area contributed by atoms with Crippen molar-refractivity contribution in [3.63, 3.8) is 0 Å². The van der Waals surface area contributed by atoms with Gasteiger partial charge in [0.15, 0.2) is 5.65 Å². The lowest BCUT2D eigenvalue weighted by Crippen LogP contribution is -2.42. The Morgan fingerprint density at radius 3 is 3.00 bits per heavy atom. The number of anilines is 3. The Morgan fingerprint density at radius 1 is 1.20 bits per heavy atom. The first-order valence-corrected chi connectivity index (χ1v) is 9.88. The van der Waals surface area contributed by atoms with Gasteiger partial charge in [0.1, 0.15) is 11.6 Å². The van der Waals surface area contributed by atoms with E-state index in [4.69, 9.17) is 10.5 Å². The van der Waals surface area contributed by atoms with Crippen molar-refractivity contribution in [3.8, 4) is 5.75 Å². The van der Waals surface area contributed by atoms with Crippen LogP contribution in [0.1, 0.15) is 11.1 Å². The summed E-state index contributed by atoms with van der Waals surface area (Å²) in [5.41, 5.74) is 10.3. The van der Waals surface area contributed by atoms with Gasteiger partial charge < -0.3 is 20.7 Å². The number of fused-ring (bicyclic) bond motifs is 2. The van der Waals surface area contributed by atoms with E-state index in [0.29, 0.717) is 11.5 Å². The van der Waals surface area contributed by atoms with Crippen LogP contribution in [0.15, 0.2) is 54.7 Å². The highest BCUT2D eigenvalue weighted by molar-refractivity contribution is 5.87. The minimum Gasteiger partial charge on any atom is -0.497 e. The fraction of sp³-hybridized carbons (Fsp3) is 0.227. The van der Waals surface area contributed by atoms with Crippen molar-refractivity contribution in [2.75, 3.05) is 29.6 Å². The van der Waals surface area contributed by atoms with Gasteiger partial charge in [-0.1, -0.05) is 30.3 Å². The zero-order valence-corrected chi connectivity index (χ0v) is 16.7. The van der Waals surface area contributed by atoms with Crippen molar-refractivity contribution in [1.82, 2.24) is 20.2 Å². The molecule has 5 rings (SSSR count). The third-order valence-electron chi connectivity index (χ3n) is 5.41. The Hall–Kier alpha value is -3.81. The molecule has 4 N–H and O–H groups in total. The number of rotatable bonds is 5. The number of methoxy groups -OCH3 is 1. The summed E-state index contributed by atoms with van der Waals surface area (Å²) in [7, 11) is 1.69. The Labute approximate surface area is 174 Å². The molecular weight excluding hydrogens is 378 g/mol.